The molecule has 2 N–H and O–H groups in total. The van der Waals surface area contributed by atoms with Gasteiger partial charge in [-0.05, 0) is 18.2 Å². The van der Waals surface area contributed by atoms with Crippen LogP contribution < -0.4 is 15.4 Å². The van der Waals surface area contributed by atoms with E-state index in [1.54, 1.807) is 4.90 Å². The summed E-state index contributed by atoms with van der Waals surface area (Å²) < 4.78 is 6.28. The molecule has 2 aromatic rings. The van der Waals surface area contributed by atoms with Crippen LogP contribution in [-0.4, -0.2) is 22.7 Å². The van der Waals surface area contributed by atoms with Crippen molar-refractivity contribution in [3.63, 3.8) is 0 Å². The maximum absolute atomic E-state index is 12.0. The monoisotopic (exact) mass is 340 g/mol. The Kier molecular flexibility index (Phi) is 3.11. The summed E-state index contributed by atoms with van der Waals surface area (Å²) in [4.78, 5) is 13.6. The molecule has 1 aliphatic heterocycles. The zero-order valence-corrected chi connectivity index (χ0v) is 12.1. The molecule has 0 bridgehead atoms. The number of hydrogen-bond donors (Lipinski definition) is 1. The van der Waals surface area contributed by atoms with Crippen molar-refractivity contribution in [2.24, 2.45) is 0 Å². The molecule has 19 heavy (non-hydrogen) atoms. The topological polar surface area (TPSA) is 81.3 Å². The van der Waals surface area contributed by atoms with Crippen LogP contribution in [-0.2, 0) is 11.3 Å². The highest BCUT2D eigenvalue weighted by atomic mass is 79.9. The summed E-state index contributed by atoms with van der Waals surface area (Å²) in [6, 6.07) is 5.54. The van der Waals surface area contributed by atoms with Gasteiger partial charge in [0.2, 0.25) is 5.13 Å². The maximum atomic E-state index is 12.0. The van der Waals surface area contributed by atoms with E-state index >= 15 is 0 Å². The van der Waals surface area contributed by atoms with Crippen molar-refractivity contribution in [3.8, 4) is 5.75 Å². The summed E-state index contributed by atoms with van der Waals surface area (Å²) in [6.45, 7) is 0.378. The summed E-state index contributed by atoms with van der Waals surface area (Å²) in [5.41, 5.74) is 6.27. The fourth-order valence-corrected chi connectivity index (χ4v) is 2.76. The van der Waals surface area contributed by atoms with E-state index in [9.17, 15) is 4.79 Å². The molecule has 0 spiro atoms. The van der Waals surface area contributed by atoms with Gasteiger partial charge in [-0.2, -0.15) is 0 Å². The molecule has 0 saturated heterocycles. The normalized spacial score (nSPS) is 14.2. The smallest absolute Gasteiger partial charge is 0.265 e. The number of halogens is 1. The van der Waals surface area contributed by atoms with Crippen molar-refractivity contribution >= 4 is 44.0 Å². The van der Waals surface area contributed by atoms with E-state index in [1.165, 1.54) is 11.3 Å². The van der Waals surface area contributed by atoms with Crippen molar-refractivity contribution in [3.05, 3.63) is 27.7 Å². The number of carbonyl (C=O) groups excluding carboxylic acids is 1. The maximum Gasteiger partial charge on any atom is 0.265 e. The van der Waals surface area contributed by atoms with E-state index in [0.29, 0.717) is 22.4 Å². The number of fused-ring (bicyclic) bond motifs is 1. The molecule has 98 valence electrons. The lowest BCUT2D eigenvalue weighted by Gasteiger charge is -2.28. The molecular formula is C11H9BrN4O2S. The second-order valence-corrected chi connectivity index (χ2v) is 5.92. The van der Waals surface area contributed by atoms with Gasteiger partial charge in [-0.15, -0.1) is 10.2 Å². The van der Waals surface area contributed by atoms with Gasteiger partial charge in [0.25, 0.3) is 5.91 Å². The van der Waals surface area contributed by atoms with Crippen LogP contribution >= 0.6 is 27.3 Å². The largest absolute Gasteiger partial charge is 0.482 e. The van der Waals surface area contributed by atoms with Crippen LogP contribution in [0.25, 0.3) is 0 Å². The summed E-state index contributed by atoms with van der Waals surface area (Å²) in [7, 11) is 0. The third-order valence-electron chi connectivity index (χ3n) is 2.64. The zero-order chi connectivity index (χ0) is 13.4. The lowest BCUT2D eigenvalue weighted by atomic mass is 10.2. The molecule has 0 aliphatic carbocycles. The SMILES string of the molecule is Nc1nnc(CN2C(=O)COc3ccc(Br)cc32)s1. The van der Waals surface area contributed by atoms with Crippen LogP contribution in [0, 0.1) is 0 Å². The van der Waals surface area contributed by atoms with Crippen molar-refractivity contribution in [1.82, 2.24) is 10.2 Å². The third kappa shape index (κ3) is 2.41. The molecule has 6 nitrogen and oxygen atoms in total. The summed E-state index contributed by atoms with van der Waals surface area (Å²) in [5.74, 6) is 0.569. The Morgan fingerprint density at radius 3 is 3.05 bits per heavy atom. The molecule has 1 aromatic carbocycles. The minimum atomic E-state index is -0.112. The Balaban J connectivity index is 1.96. The lowest BCUT2D eigenvalue weighted by Crippen LogP contribution is -2.38. The molecule has 0 radical (unpaired) electrons. The van der Waals surface area contributed by atoms with Crippen LogP contribution in [0.2, 0.25) is 0 Å². The van der Waals surface area contributed by atoms with Crippen LogP contribution in [0.3, 0.4) is 0 Å². The Morgan fingerprint density at radius 2 is 2.32 bits per heavy atom. The second-order valence-electron chi connectivity index (χ2n) is 3.91. The molecule has 0 saturated carbocycles. The number of amides is 1. The Bertz CT molecular complexity index is 645. The van der Waals surface area contributed by atoms with Crippen LogP contribution in [0.4, 0.5) is 10.8 Å². The van der Waals surface area contributed by atoms with Crippen molar-refractivity contribution in [1.29, 1.82) is 0 Å². The molecule has 0 atom stereocenters. The summed E-state index contributed by atoms with van der Waals surface area (Å²) >= 11 is 4.66. The minimum Gasteiger partial charge on any atom is -0.482 e. The Labute approximate surface area is 121 Å². The first kappa shape index (κ1) is 12.4. The van der Waals surface area contributed by atoms with Crippen molar-refractivity contribution in [2.75, 3.05) is 17.2 Å². The Hall–Kier alpha value is -1.67. The third-order valence-corrected chi connectivity index (χ3v) is 3.87. The van der Waals surface area contributed by atoms with E-state index < -0.39 is 0 Å². The van der Waals surface area contributed by atoms with Gasteiger partial charge in [0, 0.05) is 4.47 Å². The molecule has 1 amide bonds. The predicted octanol–water partition coefficient (Wildman–Crippen LogP) is 1.81. The lowest BCUT2D eigenvalue weighted by molar-refractivity contribution is -0.121. The van der Waals surface area contributed by atoms with E-state index in [1.807, 2.05) is 18.2 Å². The number of ether oxygens (including phenoxy) is 1. The van der Waals surface area contributed by atoms with Gasteiger partial charge >= 0.3 is 0 Å². The van der Waals surface area contributed by atoms with E-state index in [0.717, 1.165) is 10.2 Å². The number of anilines is 2. The molecule has 0 fully saturated rings. The molecule has 8 heteroatoms. The number of nitrogen functional groups attached to an aromatic ring is 1. The fraction of sp³-hybridized carbons (Fsp3) is 0.182. The molecule has 3 rings (SSSR count). The highest BCUT2D eigenvalue weighted by Gasteiger charge is 2.26. The van der Waals surface area contributed by atoms with Crippen LogP contribution in [0.15, 0.2) is 22.7 Å². The number of aromatic nitrogens is 2. The van der Waals surface area contributed by atoms with Crippen LogP contribution in [0.1, 0.15) is 5.01 Å². The van der Waals surface area contributed by atoms with E-state index in [2.05, 4.69) is 26.1 Å². The van der Waals surface area contributed by atoms with Gasteiger partial charge in [0.05, 0.1) is 12.2 Å². The van der Waals surface area contributed by atoms with Gasteiger partial charge in [-0.25, -0.2) is 0 Å². The zero-order valence-electron chi connectivity index (χ0n) is 9.67. The number of nitrogens with two attached hydrogens (primary N) is 1. The van der Waals surface area contributed by atoms with Gasteiger partial charge in [-0.3, -0.25) is 9.69 Å². The first-order chi connectivity index (χ1) is 9.13. The quantitative estimate of drug-likeness (QED) is 0.901. The number of nitrogens with zero attached hydrogens (tertiary/aromatic N) is 3. The highest BCUT2D eigenvalue weighted by molar-refractivity contribution is 9.10. The second kappa shape index (κ2) is 4.78. The number of hydrogen-bond acceptors (Lipinski definition) is 6. The van der Waals surface area contributed by atoms with E-state index in [-0.39, 0.29) is 12.5 Å². The minimum absolute atomic E-state index is 0.0307. The highest BCUT2D eigenvalue weighted by Crippen LogP contribution is 2.35. The van der Waals surface area contributed by atoms with Crippen molar-refractivity contribution in [2.45, 2.75) is 6.54 Å². The summed E-state index contributed by atoms with van der Waals surface area (Å²) in [6.07, 6.45) is 0. The predicted molar refractivity (Wildman–Crippen MR) is 75.1 cm³/mol. The van der Waals surface area contributed by atoms with Gasteiger partial charge in [-0.1, -0.05) is 27.3 Å². The van der Waals surface area contributed by atoms with Gasteiger partial charge < -0.3 is 10.5 Å². The molecule has 0 unspecified atom stereocenters. The van der Waals surface area contributed by atoms with E-state index in [4.69, 9.17) is 10.5 Å². The first-order valence-electron chi connectivity index (χ1n) is 5.44. The van der Waals surface area contributed by atoms with Gasteiger partial charge in [0.15, 0.2) is 6.61 Å². The fourth-order valence-electron chi connectivity index (χ4n) is 1.81. The molecule has 1 aliphatic rings. The standard InChI is InChI=1S/C11H9BrN4O2S/c12-6-1-2-8-7(3-6)16(10(17)5-18-8)4-9-14-15-11(13)19-9/h1-3H,4-5H2,(H2,13,15). The molecule has 1 aromatic heterocycles. The Morgan fingerprint density at radius 1 is 1.47 bits per heavy atom. The number of carbonyl (C=O) groups is 1. The molecular weight excluding hydrogens is 332 g/mol. The number of rotatable bonds is 2. The first-order valence-corrected chi connectivity index (χ1v) is 7.05. The number of benzene rings is 1. The average molecular weight is 341 g/mol. The molecule has 2 heterocycles. The average Bonchev–Trinajstić information content (AvgIpc) is 2.79. The van der Waals surface area contributed by atoms with Crippen LogP contribution in [0.5, 0.6) is 5.75 Å². The van der Waals surface area contributed by atoms with Crippen molar-refractivity contribution < 1.29 is 9.53 Å². The summed E-state index contributed by atoms with van der Waals surface area (Å²) in [5, 5.41) is 8.77. The van der Waals surface area contributed by atoms with Gasteiger partial charge in [0.1, 0.15) is 10.8 Å².